The number of hydrogen-bond donors (Lipinski definition) is 1. The van der Waals surface area contributed by atoms with E-state index in [9.17, 15) is 9.59 Å². The number of amides is 1. The van der Waals surface area contributed by atoms with E-state index in [-0.39, 0.29) is 23.1 Å². The molecule has 21 heavy (non-hydrogen) atoms. The van der Waals surface area contributed by atoms with Crippen LogP contribution in [0.1, 0.15) is 36.0 Å². The number of nitrogen functional groups attached to an aromatic ring is 1. The van der Waals surface area contributed by atoms with Crippen LogP contribution in [0, 0.1) is 0 Å². The molecule has 5 nitrogen and oxygen atoms in total. The molecule has 0 saturated carbocycles. The fourth-order valence-electron chi connectivity index (χ4n) is 2.32. The molecule has 0 bridgehead atoms. The third-order valence-electron chi connectivity index (χ3n) is 3.50. The van der Waals surface area contributed by atoms with Crippen molar-refractivity contribution < 1.29 is 14.3 Å². The fourth-order valence-corrected chi connectivity index (χ4v) is 2.51. The number of carbonyl (C=O) groups excluding carboxylic acids is 2. The Labute approximate surface area is 129 Å². The first-order valence-electron chi connectivity index (χ1n) is 7.08. The van der Waals surface area contributed by atoms with Gasteiger partial charge in [-0.05, 0) is 31.0 Å². The Morgan fingerprint density at radius 3 is 2.52 bits per heavy atom. The normalized spacial score (nSPS) is 15.4. The Hall–Kier alpha value is -1.75. The molecule has 1 fully saturated rings. The van der Waals surface area contributed by atoms with Gasteiger partial charge in [0.1, 0.15) is 0 Å². The third kappa shape index (κ3) is 4.36. The van der Waals surface area contributed by atoms with Gasteiger partial charge in [0.15, 0.2) is 6.61 Å². The largest absolute Gasteiger partial charge is 0.452 e. The van der Waals surface area contributed by atoms with E-state index in [0.29, 0.717) is 5.69 Å². The number of benzene rings is 1. The molecule has 0 unspecified atom stereocenters. The maximum atomic E-state index is 12.0. The molecule has 114 valence electrons. The number of nitrogens with two attached hydrogens (primary N) is 1. The van der Waals surface area contributed by atoms with Crippen LogP contribution in [-0.4, -0.2) is 36.5 Å². The predicted octanol–water partition coefficient (Wildman–Crippen LogP) is 2.48. The van der Waals surface area contributed by atoms with Crippen LogP contribution in [-0.2, 0) is 9.53 Å². The monoisotopic (exact) mass is 310 g/mol. The van der Waals surface area contributed by atoms with Gasteiger partial charge in [-0.2, -0.15) is 0 Å². The summed E-state index contributed by atoms with van der Waals surface area (Å²) >= 11 is 5.92. The summed E-state index contributed by atoms with van der Waals surface area (Å²) in [4.78, 5) is 25.7. The average Bonchev–Trinajstić information content (AvgIpc) is 2.76. The summed E-state index contributed by atoms with van der Waals surface area (Å²) in [5.74, 6) is -0.791. The Balaban J connectivity index is 1.91. The minimum atomic E-state index is -0.629. The highest BCUT2D eigenvalue weighted by Gasteiger charge is 2.19. The molecule has 1 aromatic carbocycles. The minimum absolute atomic E-state index is 0.162. The number of anilines is 1. The quantitative estimate of drug-likeness (QED) is 0.687. The lowest BCUT2D eigenvalue weighted by molar-refractivity contribution is -0.134. The van der Waals surface area contributed by atoms with Crippen LogP contribution >= 0.6 is 11.6 Å². The third-order valence-corrected chi connectivity index (χ3v) is 3.83. The molecule has 1 aliphatic heterocycles. The summed E-state index contributed by atoms with van der Waals surface area (Å²) in [5, 5.41) is 0.261. The highest BCUT2D eigenvalue weighted by Crippen LogP contribution is 2.19. The van der Waals surface area contributed by atoms with Crippen molar-refractivity contribution in [1.82, 2.24) is 4.90 Å². The number of esters is 1. The lowest BCUT2D eigenvalue weighted by Gasteiger charge is -2.20. The molecule has 1 heterocycles. The van der Waals surface area contributed by atoms with Gasteiger partial charge >= 0.3 is 5.97 Å². The van der Waals surface area contributed by atoms with Gasteiger partial charge in [0, 0.05) is 18.8 Å². The Morgan fingerprint density at radius 1 is 1.19 bits per heavy atom. The summed E-state index contributed by atoms with van der Waals surface area (Å²) in [6.45, 7) is 1.20. The van der Waals surface area contributed by atoms with Crippen LogP contribution in [0.3, 0.4) is 0 Å². The standard InChI is InChI=1S/C15H19ClN2O3/c16-13-6-5-11(17)9-12(13)15(20)21-10-14(19)18-7-3-1-2-4-8-18/h5-6,9H,1-4,7-8,10,17H2. The van der Waals surface area contributed by atoms with E-state index in [2.05, 4.69) is 0 Å². The van der Waals surface area contributed by atoms with Crippen molar-refractivity contribution in [3.05, 3.63) is 28.8 Å². The summed E-state index contributed by atoms with van der Waals surface area (Å²) in [5.41, 5.74) is 6.22. The molecule has 0 atom stereocenters. The maximum absolute atomic E-state index is 12.0. The van der Waals surface area contributed by atoms with Crippen LogP contribution in [0.5, 0.6) is 0 Å². The van der Waals surface area contributed by atoms with Crippen LogP contribution in [0.2, 0.25) is 5.02 Å². The van der Waals surface area contributed by atoms with E-state index < -0.39 is 5.97 Å². The van der Waals surface area contributed by atoms with E-state index in [1.165, 1.54) is 12.1 Å². The molecule has 0 spiro atoms. The lowest BCUT2D eigenvalue weighted by atomic mass is 10.2. The van der Waals surface area contributed by atoms with Crippen LogP contribution in [0.4, 0.5) is 5.69 Å². The second kappa shape index (κ2) is 7.31. The topological polar surface area (TPSA) is 72.6 Å². The number of ether oxygens (including phenoxy) is 1. The van der Waals surface area contributed by atoms with Gasteiger partial charge in [0.2, 0.25) is 0 Å². The van der Waals surface area contributed by atoms with Crippen molar-refractivity contribution in [1.29, 1.82) is 0 Å². The van der Waals surface area contributed by atoms with E-state index in [1.807, 2.05) is 0 Å². The highest BCUT2D eigenvalue weighted by atomic mass is 35.5. The van der Waals surface area contributed by atoms with Gasteiger partial charge in [-0.3, -0.25) is 4.79 Å². The molecule has 0 aliphatic carbocycles. The zero-order chi connectivity index (χ0) is 15.2. The molecule has 1 saturated heterocycles. The molecule has 0 radical (unpaired) electrons. The van der Waals surface area contributed by atoms with Crippen molar-refractivity contribution in [2.45, 2.75) is 25.7 Å². The lowest BCUT2D eigenvalue weighted by Crippen LogP contribution is -2.35. The Kier molecular flexibility index (Phi) is 5.44. The minimum Gasteiger partial charge on any atom is -0.452 e. The molecule has 1 amide bonds. The van der Waals surface area contributed by atoms with Gasteiger partial charge in [0.05, 0.1) is 10.6 Å². The van der Waals surface area contributed by atoms with E-state index in [4.69, 9.17) is 22.1 Å². The van der Waals surface area contributed by atoms with Crippen molar-refractivity contribution in [3.63, 3.8) is 0 Å². The molecule has 2 N–H and O–H groups in total. The number of nitrogens with zero attached hydrogens (tertiary/aromatic N) is 1. The summed E-state index contributed by atoms with van der Waals surface area (Å²) in [6.07, 6.45) is 4.28. The van der Waals surface area contributed by atoms with Gasteiger partial charge < -0.3 is 15.4 Å². The molecular formula is C15H19ClN2O3. The second-order valence-corrected chi connectivity index (χ2v) is 5.52. The smallest absolute Gasteiger partial charge is 0.340 e. The number of halogens is 1. The van der Waals surface area contributed by atoms with Gasteiger partial charge in [-0.15, -0.1) is 0 Å². The SMILES string of the molecule is Nc1ccc(Cl)c(C(=O)OCC(=O)N2CCCCCC2)c1. The molecule has 2 rings (SSSR count). The zero-order valence-electron chi connectivity index (χ0n) is 11.8. The Bertz CT molecular complexity index is 526. The average molecular weight is 311 g/mol. The predicted molar refractivity (Wildman–Crippen MR) is 81.2 cm³/mol. The summed E-state index contributed by atoms with van der Waals surface area (Å²) in [6, 6.07) is 4.58. The summed E-state index contributed by atoms with van der Waals surface area (Å²) in [7, 11) is 0. The summed E-state index contributed by atoms with van der Waals surface area (Å²) < 4.78 is 5.05. The second-order valence-electron chi connectivity index (χ2n) is 5.11. The van der Waals surface area contributed by atoms with Crippen molar-refractivity contribution in [2.24, 2.45) is 0 Å². The van der Waals surface area contributed by atoms with Gasteiger partial charge in [0.25, 0.3) is 5.91 Å². The fraction of sp³-hybridized carbons (Fsp3) is 0.467. The molecule has 6 heteroatoms. The maximum Gasteiger partial charge on any atom is 0.340 e. The van der Waals surface area contributed by atoms with Gasteiger partial charge in [-0.25, -0.2) is 4.79 Å². The molecular weight excluding hydrogens is 292 g/mol. The molecule has 1 aliphatic rings. The molecule has 1 aromatic rings. The van der Waals surface area contributed by atoms with Crippen molar-refractivity contribution in [3.8, 4) is 0 Å². The first kappa shape index (κ1) is 15.6. The number of carbonyl (C=O) groups is 2. The van der Waals surface area contributed by atoms with Crippen LogP contribution < -0.4 is 5.73 Å². The number of likely N-dealkylation sites (tertiary alicyclic amines) is 1. The van der Waals surface area contributed by atoms with Crippen LogP contribution in [0.15, 0.2) is 18.2 Å². The van der Waals surface area contributed by atoms with Crippen molar-refractivity contribution >= 4 is 29.2 Å². The van der Waals surface area contributed by atoms with E-state index >= 15 is 0 Å². The number of hydrogen-bond acceptors (Lipinski definition) is 4. The van der Waals surface area contributed by atoms with Gasteiger partial charge in [-0.1, -0.05) is 24.4 Å². The van der Waals surface area contributed by atoms with Crippen molar-refractivity contribution in [2.75, 3.05) is 25.4 Å². The van der Waals surface area contributed by atoms with E-state index in [1.54, 1.807) is 11.0 Å². The first-order chi connectivity index (χ1) is 10.1. The van der Waals surface area contributed by atoms with Crippen LogP contribution in [0.25, 0.3) is 0 Å². The highest BCUT2D eigenvalue weighted by molar-refractivity contribution is 6.33. The first-order valence-corrected chi connectivity index (χ1v) is 7.45. The number of rotatable bonds is 3. The Morgan fingerprint density at radius 2 is 1.86 bits per heavy atom. The molecule has 0 aromatic heterocycles. The zero-order valence-corrected chi connectivity index (χ0v) is 12.6. The van der Waals surface area contributed by atoms with E-state index in [0.717, 1.165) is 38.8 Å².